The number of ether oxygens (including phenoxy) is 1. The van der Waals surface area contributed by atoms with Crippen LogP contribution in [0.4, 0.5) is 0 Å². The zero-order chi connectivity index (χ0) is 16.8. The Hall–Kier alpha value is -2.49. The molecule has 1 aromatic heterocycles. The predicted molar refractivity (Wildman–Crippen MR) is 92.8 cm³/mol. The maximum absolute atomic E-state index is 5.50. The van der Waals surface area contributed by atoms with E-state index >= 15 is 0 Å². The molecule has 1 fully saturated rings. The Morgan fingerprint density at radius 2 is 2.38 bits per heavy atom. The number of rotatable bonds is 4. The summed E-state index contributed by atoms with van der Waals surface area (Å²) in [5.74, 6) is 5.89. The fraction of sp³-hybridized carbons (Fsp3) is 0.389. The van der Waals surface area contributed by atoms with E-state index in [2.05, 4.69) is 32.3 Å². The minimum atomic E-state index is 0.158. The van der Waals surface area contributed by atoms with Gasteiger partial charge in [0.2, 0.25) is 0 Å². The van der Waals surface area contributed by atoms with E-state index in [1.807, 2.05) is 25.1 Å². The SMILES string of the molecule is CC#C/C(=N/OCC1COCCN1)c1ccc2ncnc(C)c2c1. The van der Waals surface area contributed by atoms with Crippen LogP contribution in [0.3, 0.4) is 0 Å². The molecule has 2 aromatic rings. The number of fused-ring (bicyclic) bond motifs is 1. The van der Waals surface area contributed by atoms with Crippen LogP contribution in [0.5, 0.6) is 0 Å². The van der Waals surface area contributed by atoms with Crippen molar-refractivity contribution in [1.82, 2.24) is 15.3 Å². The van der Waals surface area contributed by atoms with Gasteiger partial charge in [0, 0.05) is 23.2 Å². The highest BCUT2D eigenvalue weighted by atomic mass is 16.6. The van der Waals surface area contributed by atoms with Crippen LogP contribution >= 0.6 is 0 Å². The molecule has 1 atom stereocenters. The lowest BCUT2D eigenvalue weighted by atomic mass is 10.1. The average molecular weight is 324 g/mol. The summed E-state index contributed by atoms with van der Waals surface area (Å²) in [6.07, 6.45) is 1.57. The largest absolute Gasteiger partial charge is 0.393 e. The Balaban J connectivity index is 1.80. The van der Waals surface area contributed by atoms with Gasteiger partial charge in [0.05, 0.1) is 24.8 Å². The smallest absolute Gasteiger partial charge is 0.159 e. The number of nitrogens with one attached hydrogen (secondary N) is 1. The van der Waals surface area contributed by atoms with Crippen molar-refractivity contribution >= 4 is 16.6 Å². The maximum Gasteiger partial charge on any atom is 0.159 e. The fourth-order valence-electron chi connectivity index (χ4n) is 2.52. The topological polar surface area (TPSA) is 68.6 Å². The zero-order valence-corrected chi connectivity index (χ0v) is 13.9. The van der Waals surface area contributed by atoms with Crippen molar-refractivity contribution in [2.45, 2.75) is 19.9 Å². The predicted octanol–water partition coefficient (Wildman–Crippen LogP) is 1.67. The maximum atomic E-state index is 5.50. The highest BCUT2D eigenvalue weighted by Gasteiger charge is 2.13. The molecule has 6 nitrogen and oxygen atoms in total. The Morgan fingerprint density at radius 3 is 3.17 bits per heavy atom. The third-order valence-corrected chi connectivity index (χ3v) is 3.78. The molecule has 1 aliphatic rings. The molecule has 2 heterocycles. The number of benzene rings is 1. The first kappa shape index (κ1) is 16.4. The monoisotopic (exact) mass is 324 g/mol. The van der Waals surface area contributed by atoms with Crippen molar-refractivity contribution in [1.29, 1.82) is 0 Å². The van der Waals surface area contributed by atoms with Gasteiger partial charge in [0.1, 0.15) is 12.9 Å². The first-order valence-corrected chi connectivity index (χ1v) is 7.93. The minimum absolute atomic E-state index is 0.158. The van der Waals surface area contributed by atoms with Crippen LogP contribution < -0.4 is 5.32 Å². The van der Waals surface area contributed by atoms with Gasteiger partial charge in [-0.1, -0.05) is 11.1 Å². The number of morpholine rings is 1. The van der Waals surface area contributed by atoms with E-state index in [1.165, 1.54) is 0 Å². The molecule has 1 aliphatic heterocycles. The van der Waals surface area contributed by atoms with Gasteiger partial charge < -0.3 is 14.9 Å². The normalized spacial score (nSPS) is 18.1. The number of aromatic nitrogens is 2. The summed E-state index contributed by atoms with van der Waals surface area (Å²) < 4.78 is 5.40. The number of hydrogen-bond donors (Lipinski definition) is 1. The van der Waals surface area contributed by atoms with Gasteiger partial charge in [0.15, 0.2) is 5.71 Å². The van der Waals surface area contributed by atoms with E-state index < -0.39 is 0 Å². The van der Waals surface area contributed by atoms with Crippen molar-refractivity contribution in [2.75, 3.05) is 26.4 Å². The number of oxime groups is 1. The van der Waals surface area contributed by atoms with Gasteiger partial charge >= 0.3 is 0 Å². The van der Waals surface area contributed by atoms with E-state index in [9.17, 15) is 0 Å². The van der Waals surface area contributed by atoms with Crippen LogP contribution in [-0.2, 0) is 9.57 Å². The number of hydrogen-bond acceptors (Lipinski definition) is 6. The summed E-state index contributed by atoms with van der Waals surface area (Å²) in [6, 6.07) is 6.05. The van der Waals surface area contributed by atoms with Crippen molar-refractivity contribution in [3.8, 4) is 11.8 Å². The summed E-state index contributed by atoms with van der Waals surface area (Å²) in [5.41, 5.74) is 3.32. The zero-order valence-electron chi connectivity index (χ0n) is 13.9. The summed E-state index contributed by atoms with van der Waals surface area (Å²) in [5, 5.41) is 8.53. The van der Waals surface area contributed by atoms with Gasteiger partial charge in [-0.25, -0.2) is 9.97 Å². The van der Waals surface area contributed by atoms with Crippen LogP contribution in [0.2, 0.25) is 0 Å². The Bertz CT molecular complexity index is 802. The molecule has 1 unspecified atom stereocenters. The Labute approximate surface area is 141 Å². The van der Waals surface area contributed by atoms with Gasteiger partial charge in [-0.3, -0.25) is 0 Å². The van der Waals surface area contributed by atoms with Gasteiger partial charge in [-0.15, -0.1) is 0 Å². The Morgan fingerprint density at radius 1 is 1.46 bits per heavy atom. The minimum Gasteiger partial charge on any atom is -0.393 e. The summed E-state index contributed by atoms with van der Waals surface area (Å²) >= 11 is 0. The van der Waals surface area contributed by atoms with Crippen LogP contribution in [0, 0.1) is 18.8 Å². The molecule has 0 saturated carbocycles. The van der Waals surface area contributed by atoms with E-state index in [0.717, 1.165) is 35.3 Å². The molecule has 24 heavy (non-hydrogen) atoms. The fourth-order valence-corrected chi connectivity index (χ4v) is 2.52. The number of nitrogens with zero attached hydrogens (tertiary/aromatic N) is 3. The van der Waals surface area contributed by atoms with Crippen molar-refractivity contribution < 1.29 is 9.57 Å². The second-order valence-corrected chi connectivity index (χ2v) is 5.53. The summed E-state index contributed by atoms with van der Waals surface area (Å²) in [6.45, 7) is 6.40. The third-order valence-electron chi connectivity index (χ3n) is 3.78. The Kier molecular flexibility index (Phi) is 5.36. The van der Waals surface area contributed by atoms with E-state index in [4.69, 9.17) is 9.57 Å². The molecule has 0 aliphatic carbocycles. The second-order valence-electron chi connectivity index (χ2n) is 5.53. The van der Waals surface area contributed by atoms with Gasteiger partial charge in [-0.2, -0.15) is 0 Å². The van der Waals surface area contributed by atoms with Crippen LogP contribution in [0.15, 0.2) is 29.7 Å². The van der Waals surface area contributed by atoms with E-state index in [0.29, 0.717) is 18.9 Å². The number of aryl methyl sites for hydroxylation is 1. The summed E-state index contributed by atoms with van der Waals surface area (Å²) in [4.78, 5) is 14.0. The average Bonchev–Trinajstić information content (AvgIpc) is 2.62. The standard InChI is InChI=1S/C18H20N4O2/c1-3-4-17(22-24-11-15-10-23-8-7-19-15)14-5-6-18-16(9-14)13(2)20-12-21-18/h5-6,9,12,15,19H,7-8,10-11H2,1-2H3/b22-17-. The molecule has 124 valence electrons. The highest BCUT2D eigenvalue weighted by molar-refractivity contribution is 6.14. The molecule has 3 rings (SSSR count). The summed E-state index contributed by atoms with van der Waals surface area (Å²) in [7, 11) is 0. The van der Waals surface area contributed by atoms with E-state index in [1.54, 1.807) is 13.3 Å². The van der Waals surface area contributed by atoms with Crippen LogP contribution in [-0.4, -0.2) is 48.1 Å². The molecule has 0 radical (unpaired) electrons. The third kappa shape index (κ3) is 3.88. The second kappa shape index (κ2) is 7.86. The van der Waals surface area contributed by atoms with Crippen molar-refractivity contribution in [3.63, 3.8) is 0 Å². The van der Waals surface area contributed by atoms with Gasteiger partial charge in [0.25, 0.3) is 0 Å². The first-order valence-electron chi connectivity index (χ1n) is 7.93. The molecule has 1 aromatic carbocycles. The van der Waals surface area contributed by atoms with Crippen LogP contribution in [0.25, 0.3) is 10.9 Å². The molecule has 1 saturated heterocycles. The molecule has 0 amide bonds. The molecule has 0 bridgehead atoms. The molecule has 0 spiro atoms. The van der Waals surface area contributed by atoms with Crippen LogP contribution in [0.1, 0.15) is 18.2 Å². The lowest BCUT2D eigenvalue weighted by Gasteiger charge is -2.22. The lowest BCUT2D eigenvalue weighted by Crippen LogP contribution is -2.43. The van der Waals surface area contributed by atoms with Crippen molar-refractivity contribution in [3.05, 3.63) is 35.8 Å². The molecule has 6 heteroatoms. The highest BCUT2D eigenvalue weighted by Crippen LogP contribution is 2.16. The molecular weight excluding hydrogens is 304 g/mol. The van der Waals surface area contributed by atoms with E-state index in [-0.39, 0.29) is 6.04 Å². The first-order chi connectivity index (χ1) is 11.8. The lowest BCUT2D eigenvalue weighted by molar-refractivity contribution is 0.0312. The molecule has 1 N–H and O–H groups in total. The van der Waals surface area contributed by atoms with Gasteiger partial charge in [-0.05, 0) is 38.0 Å². The molecular formula is C18H20N4O2. The van der Waals surface area contributed by atoms with Crippen molar-refractivity contribution in [2.24, 2.45) is 5.16 Å². The quantitative estimate of drug-likeness (QED) is 0.526.